The first kappa shape index (κ1) is 17.7. The Morgan fingerprint density at radius 2 is 2.19 bits per heavy atom. The average molecular weight is 383 g/mol. The van der Waals surface area contributed by atoms with Gasteiger partial charge in [0.1, 0.15) is 10.6 Å². The lowest BCUT2D eigenvalue weighted by Gasteiger charge is -2.15. The number of pyridine rings is 1. The molecule has 1 aromatic carbocycles. The number of methoxy groups -OCH3 is 1. The van der Waals surface area contributed by atoms with Crippen LogP contribution in [0.3, 0.4) is 0 Å². The van der Waals surface area contributed by atoms with E-state index in [2.05, 4.69) is 10.3 Å². The molecule has 4 rings (SSSR count). The van der Waals surface area contributed by atoms with Crippen LogP contribution >= 0.6 is 11.3 Å². The van der Waals surface area contributed by atoms with Crippen LogP contribution in [0.2, 0.25) is 0 Å². The summed E-state index contributed by atoms with van der Waals surface area (Å²) in [6.45, 7) is 2.11. The first-order chi connectivity index (χ1) is 13.1. The number of hydrogen-bond donors (Lipinski definition) is 1. The minimum Gasteiger partial charge on any atom is -0.497 e. The van der Waals surface area contributed by atoms with Gasteiger partial charge < -0.3 is 15.0 Å². The normalized spacial score (nSPS) is 14.3. The molecule has 0 atom stereocenters. The van der Waals surface area contributed by atoms with Crippen LogP contribution in [0, 0.1) is 0 Å². The van der Waals surface area contributed by atoms with Crippen molar-refractivity contribution in [3.05, 3.63) is 35.2 Å². The molecule has 1 aliphatic rings. The molecule has 7 heteroatoms. The maximum atomic E-state index is 12.4. The summed E-state index contributed by atoms with van der Waals surface area (Å²) in [5.41, 5.74) is 0.882. The Bertz CT molecular complexity index is 1010. The number of nitrogens with one attached hydrogen (secondary N) is 1. The summed E-state index contributed by atoms with van der Waals surface area (Å²) in [4.78, 5) is 32.0. The summed E-state index contributed by atoms with van der Waals surface area (Å²) in [5.74, 6) is 0.918. The lowest BCUT2D eigenvalue weighted by Crippen LogP contribution is -2.30. The number of nitrogens with zero attached hydrogens (tertiary/aromatic N) is 2. The number of hydrogen-bond acceptors (Lipinski definition) is 5. The maximum absolute atomic E-state index is 12.4. The van der Waals surface area contributed by atoms with Gasteiger partial charge in [-0.1, -0.05) is 0 Å². The van der Waals surface area contributed by atoms with Crippen LogP contribution < -0.4 is 10.1 Å². The summed E-state index contributed by atoms with van der Waals surface area (Å²) >= 11 is 1.39. The molecule has 3 aromatic rings. The van der Waals surface area contributed by atoms with E-state index in [0.29, 0.717) is 24.4 Å². The number of carbonyl (C=O) groups excluding carboxylic acids is 2. The van der Waals surface area contributed by atoms with Crippen molar-refractivity contribution < 1.29 is 14.3 Å². The number of ether oxygens (including phenoxy) is 1. The van der Waals surface area contributed by atoms with Crippen LogP contribution in [0.1, 0.15) is 28.9 Å². The van der Waals surface area contributed by atoms with Crippen molar-refractivity contribution in [2.45, 2.75) is 19.3 Å². The molecule has 3 heterocycles. The monoisotopic (exact) mass is 383 g/mol. The van der Waals surface area contributed by atoms with Gasteiger partial charge in [0.25, 0.3) is 5.91 Å². The zero-order valence-corrected chi connectivity index (χ0v) is 16.0. The Kier molecular flexibility index (Phi) is 4.94. The summed E-state index contributed by atoms with van der Waals surface area (Å²) in [7, 11) is 1.64. The Hall–Kier alpha value is -2.67. The molecule has 140 valence electrons. The number of fused-ring (bicyclic) bond motifs is 2. The summed E-state index contributed by atoms with van der Waals surface area (Å²) in [6.07, 6.45) is 2.37. The highest BCUT2D eigenvalue weighted by Gasteiger charge is 2.19. The van der Waals surface area contributed by atoms with Crippen LogP contribution in [0.5, 0.6) is 5.75 Å². The summed E-state index contributed by atoms with van der Waals surface area (Å²) < 4.78 is 5.26. The van der Waals surface area contributed by atoms with Gasteiger partial charge in [-0.25, -0.2) is 4.98 Å². The molecule has 0 unspecified atom stereocenters. The molecular formula is C20H21N3O3S. The number of likely N-dealkylation sites (tertiary alicyclic amines) is 1. The maximum Gasteiger partial charge on any atom is 0.261 e. The molecule has 1 N–H and O–H groups in total. The van der Waals surface area contributed by atoms with Crippen molar-refractivity contribution in [1.82, 2.24) is 15.2 Å². The van der Waals surface area contributed by atoms with E-state index in [-0.39, 0.29) is 11.8 Å². The zero-order valence-electron chi connectivity index (χ0n) is 15.2. The van der Waals surface area contributed by atoms with E-state index < -0.39 is 0 Å². The third-order valence-electron chi connectivity index (χ3n) is 4.79. The van der Waals surface area contributed by atoms with Crippen molar-refractivity contribution in [3.8, 4) is 5.75 Å². The first-order valence-corrected chi connectivity index (χ1v) is 9.90. The molecular weight excluding hydrogens is 362 g/mol. The fourth-order valence-corrected chi connectivity index (χ4v) is 4.29. The average Bonchev–Trinajstić information content (AvgIpc) is 3.28. The number of amides is 2. The third kappa shape index (κ3) is 3.73. The van der Waals surface area contributed by atoms with Crippen LogP contribution in [0.15, 0.2) is 30.3 Å². The van der Waals surface area contributed by atoms with Gasteiger partial charge in [0.15, 0.2) is 0 Å². The number of aromatic nitrogens is 1. The number of thiophene rings is 1. The van der Waals surface area contributed by atoms with Crippen LogP contribution in [-0.2, 0) is 4.79 Å². The van der Waals surface area contributed by atoms with E-state index >= 15 is 0 Å². The molecule has 2 amide bonds. The molecule has 0 radical (unpaired) electrons. The topological polar surface area (TPSA) is 71.5 Å². The minimum absolute atomic E-state index is 0.0904. The Morgan fingerprint density at radius 3 is 2.96 bits per heavy atom. The van der Waals surface area contributed by atoms with E-state index in [1.54, 1.807) is 7.11 Å². The van der Waals surface area contributed by atoms with Crippen LogP contribution in [0.25, 0.3) is 21.1 Å². The van der Waals surface area contributed by atoms with Crippen molar-refractivity contribution in [2.24, 2.45) is 0 Å². The lowest BCUT2D eigenvalue weighted by atomic mass is 10.2. The highest BCUT2D eigenvalue weighted by Crippen LogP contribution is 2.29. The van der Waals surface area contributed by atoms with Crippen molar-refractivity contribution in [1.29, 1.82) is 0 Å². The number of carbonyl (C=O) groups is 2. The molecule has 0 aliphatic carbocycles. The number of benzene rings is 1. The fourth-order valence-electron chi connectivity index (χ4n) is 3.35. The number of rotatable bonds is 6. The van der Waals surface area contributed by atoms with E-state index in [9.17, 15) is 9.59 Å². The highest BCUT2D eigenvalue weighted by molar-refractivity contribution is 7.20. The molecule has 6 nitrogen and oxygen atoms in total. The second kappa shape index (κ2) is 7.52. The standard InChI is InChI=1S/C20H21N3O3S/c1-26-15-5-6-16-13(11-15)10-14-12-17(27-20(14)22-16)19(25)21-7-3-9-23-8-2-4-18(23)24/h5-6,10-12H,2-4,7-9H2,1H3,(H,21,25). The molecule has 0 spiro atoms. The van der Waals surface area contributed by atoms with E-state index in [4.69, 9.17) is 4.74 Å². The first-order valence-electron chi connectivity index (χ1n) is 9.08. The molecule has 1 saturated heterocycles. The van der Waals surface area contributed by atoms with Gasteiger partial charge >= 0.3 is 0 Å². The van der Waals surface area contributed by atoms with E-state index in [1.807, 2.05) is 35.2 Å². The summed E-state index contributed by atoms with van der Waals surface area (Å²) in [6, 6.07) is 9.66. The molecule has 0 bridgehead atoms. The quantitative estimate of drug-likeness (QED) is 0.664. The van der Waals surface area contributed by atoms with Crippen molar-refractivity contribution in [2.75, 3.05) is 26.7 Å². The Labute approximate surface area is 161 Å². The fraction of sp³-hybridized carbons (Fsp3) is 0.350. The molecule has 2 aromatic heterocycles. The van der Waals surface area contributed by atoms with Crippen LogP contribution in [0.4, 0.5) is 0 Å². The Morgan fingerprint density at radius 1 is 1.30 bits per heavy atom. The van der Waals surface area contributed by atoms with E-state index in [1.165, 1.54) is 11.3 Å². The zero-order chi connectivity index (χ0) is 18.8. The third-order valence-corrected chi connectivity index (χ3v) is 5.84. The van der Waals surface area contributed by atoms with Gasteiger partial charge in [-0.2, -0.15) is 0 Å². The summed E-state index contributed by atoms with van der Waals surface area (Å²) in [5, 5.41) is 4.88. The highest BCUT2D eigenvalue weighted by atomic mass is 32.1. The smallest absolute Gasteiger partial charge is 0.261 e. The largest absolute Gasteiger partial charge is 0.497 e. The van der Waals surface area contributed by atoms with Crippen molar-refractivity contribution in [3.63, 3.8) is 0 Å². The molecule has 27 heavy (non-hydrogen) atoms. The van der Waals surface area contributed by atoms with Gasteiger partial charge in [-0.05, 0) is 43.2 Å². The predicted octanol–water partition coefficient (Wildman–Crippen LogP) is 3.20. The van der Waals surface area contributed by atoms with E-state index in [0.717, 1.165) is 46.3 Å². The van der Waals surface area contributed by atoms with Gasteiger partial charge in [0, 0.05) is 36.8 Å². The molecule has 1 aliphatic heterocycles. The van der Waals surface area contributed by atoms with Crippen molar-refractivity contribution >= 4 is 44.3 Å². The Balaban J connectivity index is 1.42. The second-order valence-electron chi connectivity index (χ2n) is 6.65. The minimum atomic E-state index is -0.0904. The molecule has 1 fully saturated rings. The predicted molar refractivity (Wildman–Crippen MR) is 106 cm³/mol. The lowest BCUT2D eigenvalue weighted by molar-refractivity contribution is -0.127. The van der Waals surface area contributed by atoms with Gasteiger partial charge in [0.05, 0.1) is 17.5 Å². The van der Waals surface area contributed by atoms with Crippen LogP contribution in [-0.4, -0.2) is 48.4 Å². The van der Waals surface area contributed by atoms with Gasteiger partial charge in [-0.3, -0.25) is 9.59 Å². The molecule has 0 saturated carbocycles. The van der Waals surface area contributed by atoms with Gasteiger partial charge in [-0.15, -0.1) is 11.3 Å². The van der Waals surface area contributed by atoms with Gasteiger partial charge in [0.2, 0.25) is 5.91 Å². The SMILES string of the molecule is COc1ccc2nc3sc(C(=O)NCCCN4CCCC4=O)cc3cc2c1. The second-order valence-corrected chi connectivity index (χ2v) is 7.68.